The third-order valence-electron chi connectivity index (χ3n) is 9.46. The molecular weight excluding hydrogens is 658 g/mol. The van der Waals surface area contributed by atoms with Gasteiger partial charge in [0.25, 0.3) is 0 Å². The van der Waals surface area contributed by atoms with E-state index in [1.54, 1.807) is 0 Å². The highest BCUT2D eigenvalue weighted by atomic mass is 79.9. The van der Waals surface area contributed by atoms with E-state index in [0.29, 0.717) is 0 Å². The van der Waals surface area contributed by atoms with Crippen LogP contribution < -0.4 is 4.90 Å². The van der Waals surface area contributed by atoms with Gasteiger partial charge in [0.1, 0.15) is 0 Å². The minimum absolute atomic E-state index is 0.637. The summed E-state index contributed by atoms with van der Waals surface area (Å²) in [6, 6.07) is 74.5. The third-order valence-corrected chi connectivity index (χ3v) is 9.96. The van der Waals surface area contributed by atoms with Crippen LogP contribution >= 0.6 is 15.9 Å². The number of fused-ring (bicyclic) bond motifs is 1. The summed E-state index contributed by atoms with van der Waals surface area (Å²) in [4.78, 5) is 2.48. The number of hydrogen-bond donors (Lipinski definition) is 0. The zero-order valence-electron chi connectivity index (χ0n) is 27.0. The second kappa shape index (κ2) is 13.4. The van der Waals surface area contributed by atoms with Gasteiger partial charge in [0.15, 0.2) is 0 Å². The monoisotopic (exact) mass is 691 g/mol. The maximum Gasteiger partial charge on any atom is 0.0721 e. The van der Waals surface area contributed by atoms with Crippen molar-refractivity contribution in [2.24, 2.45) is 0 Å². The van der Waals surface area contributed by atoms with Gasteiger partial charge in [-0.15, -0.1) is 0 Å². The lowest BCUT2D eigenvalue weighted by Crippen LogP contribution is -2.32. The van der Waals surface area contributed by atoms with Gasteiger partial charge in [-0.05, 0) is 57.5 Å². The Balaban J connectivity index is 1.53. The highest BCUT2D eigenvalue weighted by molar-refractivity contribution is 9.10. The number of anilines is 3. The van der Waals surface area contributed by atoms with Crippen molar-refractivity contribution in [3.05, 3.63) is 233 Å². The van der Waals surface area contributed by atoms with Gasteiger partial charge in [-0.25, -0.2) is 0 Å². The Bertz CT molecular complexity index is 2230. The van der Waals surface area contributed by atoms with Gasteiger partial charge < -0.3 is 4.90 Å². The summed E-state index contributed by atoms with van der Waals surface area (Å²) in [5.41, 5.74) is 9.78. The van der Waals surface area contributed by atoms with E-state index in [1.165, 1.54) is 33.0 Å². The van der Waals surface area contributed by atoms with E-state index in [4.69, 9.17) is 0 Å². The maximum atomic E-state index is 3.87. The molecule has 0 aliphatic heterocycles. The average Bonchev–Trinajstić information content (AvgIpc) is 3.18. The van der Waals surface area contributed by atoms with Crippen molar-refractivity contribution in [3.8, 4) is 11.1 Å². The molecule has 0 spiro atoms. The summed E-state index contributed by atoms with van der Waals surface area (Å²) < 4.78 is 1.02. The topological polar surface area (TPSA) is 3.24 Å². The molecular formula is C47H34BrN. The normalized spacial score (nSPS) is 11.4. The van der Waals surface area contributed by atoms with Crippen LogP contribution in [0.15, 0.2) is 211 Å². The molecule has 0 fully saturated rings. The minimum Gasteiger partial charge on any atom is -0.309 e. The predicted molar refractivity (Wildman–Crippen MR) is 210 cm³/mol. The van der Waals surface area contributed by atoms with E-state index in [2.05, 4.69) is 227 Å². The van der Waals surface area contributed by atoms with Gasteiger partial charge in [0, 0.05) is 15.4 Å². The van der Waals surface area contributed by atoms with Crippen LogP contribution in [0.5, 0.6) is 0 Å². The van der Waals surface area contributed by atoms with Gasteiger partial charge in [-0.3, -0.25) is 0 Å². The molecule has 0 bridgehead atoms. The first kappa shape index (κ1) is 30.6. The Kier molecular flexibility index (Phi) is 8.39. The average molecular weight is 693 g/mol. The quantitative estimate of drug-likeness (QED) is 0.143. The number of benzene rings is 8. The molecule has 0 aliphatic rings. The van der Waals surface area contributed by atoms with Gasteiger partial charge in [-0.2, -0.15) is 0 Å². The fourth-order valence-electron chi connectivity index (χ4n) is 7.36. The minimum atomic E-state index is -0.637. The van der Waals surface area contributed by atoms with Gasteiger partial charge in [0.2, 0.25) is 0 Å². The van der Waals surface area contributed by atoms with Crippen molar-refractivity contribution < 1.29 is 0 Å². The summed E-state index contributed by atoms with van der Waals surface area (Å²) in [6.45, 7) is 0. The van der Waals surface area contributed by atoms with E-state index < -0.39 is 5.41 Å². The first-order valence-corrected chi connectivity index (χ1v) is 17.4. The lowest BCUT2D eigenvalue weighted by molar-refractivity contribution is 0.745. The second-order valence-corrected chi connectivity index (χ2v) is 13.1. The first-order chi connectivity index (χ1) is 24.2. The number of rotatable bonds is 8. The molecule has 1 nitrogen and oxygen atoms in total. The van der Waals surface area contributed by atoms with Gasteiger partial charge in [-0.1, -0.05) is 198 Å². The molecule has 49 heavy (non-hydrogen) atoms. The molecule has 0 N–H and O–H groups in total. The van der Waals surface area contributed by atoms with Crippen LogP contribution in [0.2, 0.25) is 0 Å². The molecule has 8 rings (SSSR count). The SMILES string of the molecule is Brc1ccc(-c2ccccc2)c(N(c2ccccc2C(c2ccccc2)(c2ccccc2)c2ccccc2)c2cccc3ccccc23)c1. The summed E-state index contributed by atoms with van der Waals surface area (Å²) in [5, 5.41) is 2.38. The summed E-state index contributed by atoms with van der Waals surface area (Å²) in [5.74, 6) is 0. The first-order valence-electron chi connectivity index (χ1n) is 16.6. The van der Waals surface area contributed by atoms with Gasteiger partial charge >= 0.3 is 0 Å². The summed E-state index contributed by atoms with van der Waals surface area (Å²) in [7, 11) is 0. The summed E-state index contributed by atoms with van der Waals surface area (Å²) >= 11 is 3.87. The second-order valence-electron chi connectivity index (χ2n) is 12.2. The number of halogens is 1. The molecule has 0 saturated heterocycles. The van der Waals surface area contributed by atoms with Crippen molar-refractivity contribution >= 4 is 43.8 Å². The van der Waals surface area contributed by atoms with Gasteiger partial charge in [0.05, 0.1) is 22.5 Å². The molecule has 0 aromatic heterocycles. The van der Waals surface area contributed by atoms with Crippen LogP contribution in [0.3, 0.4) is 0 Å². The van der Waals surface area contributed by atoms with E-state index >= 15 is 0 Å². The molecule has 0 radical (unpaired) electrons. The summed E-state index contributed by atoms with van der Waals surface area (Å²) in [6.07, 6.45) is 0. The fourth-order valence-corrected chi connectivity index (χ4v) is 7.71. The van der Waals surface area contributed by atoms with E-state index in [0.717, 1.165) is 32.7 Å². The standard InChI is InChI=1S/C47H34BrN/c48-40-32-33-42(35-18-5-1-6-19-35)46(34-40)49(44-31-17-21-36-20-13-14-28-41(36)44)45-30-16-15-29-43(45)47(37-22-7-2-8-23-37,38-24-9-3-10-25-38)39-26-11-4-12-27-39/h1-34H. The molecule has 0 aliphatic carbocycles. The Morgan fingerprint density at radius 1 is 0.388 bits per heavy atom. The number of nitrogens with zero attached hydrogens (tertiary/aromatic N) is 1. The molecule has 0 unspecified atom stereocenters. The fraction of sp³-hybridized carbons (Fsp3) is 0.0213. The van der Waals surface area contributed by atoms with Crippen LogP contribution in [-0.4, -0.2) is 0 Å². The van der Waals surface area contributed by atoms with E-state index in [1.807, 2.05) is 0 Å². The smallest absolute Gasteiger partial charge is 0.0721 e. The maximum absolute atomic E-state index is 3.87. The number of hydrogen-bond acceptors (Lipinski definition) is 1. The highest BCUT2D eigenvalue weighted by Crippen LogP contribution is 2.52. The van der Waals surface area contributed by atoms with Crippen molar-refractivity contribution in [3.63, 3.8) is 0 Å². The Morgan fingerprint density at radius 2 is 0.878 bits per heavy atom. The molecule has 0 saturated carbocycles. The molecule has 0 atom stereocenters. The van der Waals surface area contributed by atoms with Crippen molar-refractivity contribution in [1.82, 2.24) is 0 Å². The highest BCUT2D eigenvalue weighted by Gasteiger charge is 2.41. The van der Waals surface area contributed by atoms with Crippen LogP contribution in [0.4, 0.5) is 17.1 Å². The van der Waals surface area contributed by atoms with Crippen LogP contribution in [0.25, 0.3) is 21.9 Å². The van der Waals surface area contributed by atoms with Crippen molar-refractivity contribution in [2.75, 3.05) is 4.90 Å². The zero-order valence-corrected chi connectivity index (χ0v) is 28.5. The third kappa shape index (κ3) is 5.55. The molecule has 8 aromatic rings. The molecule has 8 aromatic carbocycles. The van der Waals surface area contributed by atoms with Crippen LogP contribution in [0, 0.1) is 0 Å². The Hall–Kier alpha value is -5.70. The predicted octanol–water partition coefficient (Wildman–Crippen LogP) is 13.1. The van der Waals surface area contributed by atoms with Crippen molar-refractivity contribution in [1.29, 1.82) is 0 Å². The van der Waals surface area contributed by atoms with Crippen LogP contribution in [-0.2, 0) is 5.41 Å². The van der Waals surface area contributed by atoms with Crippen molar-refractivity contribution in [2.45, 2.75) is 5.41 Å². The Labute approximate surface area is 296 Å². The van der Waals surface area contributed by atoms with E-state index in [-0.39, 0.29) is 0 Å². The lowest BCUT2D eigenvalue weighted by atomic mass is 9.64. The number of para-hydroxylation sites is 1. The molecule has 0 amide bonds. The molecule has 234 valence electrons. The molecule has 2 heteroatoms. The zero-order chi connectivity index (χ0) is 33.0. The lowest BCUT2D eigenvalue weighted by Gasteiger charge is -2.40. The molecule has 0 heterocycles. The van der Waals surface area contributed by atoms with E-state index in [9.17, 15) is 0 Å². The van der Waals surface area contributed by atoms with Crippen LogP contribution in [0.1, 0.15) is 22.3 Å². The Morgan fingerprint density at radius 3 is 1.51 bits per heavy atom. The largest absolute Gasteiger partial charge is 0.309 e.